The number of carbonyl (C=O) groups is 3. The van der Waals surface area contributed by atoms with Gasteiger partial charge in [-0.3, -0.25) is 43.4 Å². The van der Waals surface area contributed by atoms with Crippen LogP contribution in [0.15, 0.2) is 233 Å². The molecule has 3 aliphatic rings. The fourth-order valence-corrected chi connectivity index (χ4v) is 13.2. The number of ether oxygens (including phenoxy) is 6. The smallest absolute Gasteiger partial charge is 0.246 e. The number of aromatic nitrogens is 9. The minimum absolute atomic E-state index is 0.0327. The number of fused-ring (bicyclic) bond motifs is 3. The molecule has 3 saturated heterocycles. The lowest BCUT2D eigenvalue weighted by atomic mass is 10.1. The Balaban J connectivity index is 0.000000137. The first-order chi connectivity index (χ1) is 49.9. The molecule has 3 atom stereocenters. The molecule has 22 heteroatoms. The summed E-state index contributed by atoms with van der Waals surface area (Å²) in [4.78, 5) is 54.8. The van der Waals surface area contributed by atoms with Crippen molar-refractivity contribution in [3.8, 4) is 85.5 Å². The second-order valence-electron chi connectivity index (χ2n) is 24.6. The van der Waals surface area contributed by atoms with E-state index in [9.17, 15) is 18.8 Å². The number of halogens is 1. The Hall–Kier alpha value is -12.5. The summed E-state index contributed by atoms with van der Waals surface area (Å²) in [5.41, 5.74) is 8.34. The highest BCUT2D eigenvalue weighted by atomic mass is 19.1. The summed E-state index contributed by atoms with van der Waals surface area (Å²) >= 11 is 0. The largest absolute Gasteiger partial charge is 0.497 e. The normalized spacial score (nSPS) is 15.7. The van der Waals surface area contributed by atoms with E-state index in [1.54, 1.807) is 69.3 Å². The molecule has 6 aromatic heterocycles. The molecule has 12 aromatic rings. The first-order valence-corrected chi connectivity index (χ1v) is 33.6. The third-order valence-electron chi connectivity index (χ3n) is 18.3. The number of methoxy groups -OCH3 is 3. The maximum atomic E-state index is 14.5. The monoisotopic (exact) mass is 1370 g/mol. The van der Waals surface area contributed by atoms with Gasteiger partial charge in [-0.05, 0) is 178 Å². The van der Waals surface area contributed by atoms with Gasteiger partial charge < -0.3 is 43.1 Å². The zero-order valence-electron chi connectivity index (χ0n) is 56.8. The van der Waals surface area contributed by atoms with E-state index in [0.29, 0.717) is 43.4 Å². The van der Waals surface area contributed by atoms with Crippen LogP contribution >= 0.6 is 0 Å². The Morgan fingerprint density at radius 1 is 0.412 bits per heavy atom. The number of hydrogen-bond acceptors (Lipinski definition) is 15. The van der Waals surface area contributed by atoms with E-state index < -0.39 is 5.82 Å². The molecule has 6 aromatic carbocycles. The van der Waals surface area contributed by atoms with Gasteiger partial charge >= 0.3 is 0 Å². The Bertz CT molecular complexity index is 5020. The number of piperidine rings is 2. The van der Waals surface area contributed by atoms with Crippen molar-refractivity contribution in [2.24, 2.45) is 0 Å². The lowest BCUT2D eigenvalue weighted by Gasteiger charge is -2.32. The van der Waals surface area contributed by atoms with Crippen LogP contribution in [0, 0.1) is 5.82 Å². The van der Waals surface area contributed by atoms with Crippen LogP contribution in [0.4, 0.5) is 4.39 Å². The molecule has 3 fully saturated rings. The van der Waals surface area contributed by atoms with E-state index in [2.05, 4.69) is 39.4 Å². The number of pyridine rings is 3. The molecule has 15 rings (SSSR count). The van der Waals surface area contributed by atoms with Crippen LogP contribution in [0.25, 0.3) is 66.5 Å². The predicted octanol–water partition coefficient (Wildman–Crippen LogP) is 15.5. The summed E-state index contributed by atoms with van der Waals surface area (Å²) in [7, 11) is 4.68. The number of rotatable bonds is 18. The van der Waals surface area contributed by atoms with Crippen molar-refractivity contribution in [2.45, 2.75) is 50.2 Å². The maximum Gasteiger partial charge on any atom is 0.246 e. The van der Waals surface area contributed by atoms with E-state index in [-0.39, 0.29) is 47.3 Å². The van der Waals surface area contributed by atoms with Crippen LogP contribution in [0.5, 0.6) is 51.7 Å². The molecule has 0 radical (unpaired) electrons. The van der Waals surface area contributed by atoms with Gasteiger partial charge in [0.1, 0.15) is 57.3 Å². The van der Waals surface area contributed by atoms with Gasteiger partial charge in [-0.15, -0.1) is 0 Å². The van der Waals surface area contributed by atoms with Crippen molar-refractivity contribution in [3.63, 3.8) is 0 Å². The van der Waals surface area contributed by atoms with E-state index in [4.69, 9.17) is 43.7 Å². The fraction of sp³-hybridized carbons (Fsp3) is 0.212. The first kappa shape index (κ1) is 68.1. The summed E-state index contributed by atoms with van der Waals surface area (Å²) < 4.78 is 53.8. The van der Waals surface area contributed by atoms with Crippen molar-refractivity contribution in [1.82, 2.24) is 59.0 Å². The first-order valence-electron chi connectivity index (χ1n) is 33.6. The van der Waals surface area contributed by atoms with E-state index in [1.165, 1.54) is 25.3 Å². The Morgan fingerprint density at radius 3 is 1.15 bits per heavy atom. The lowest BCUT2D eigenvalue weighted by molar-refractivity contribution is -0.128. The summed E-state index contributed by atoms with van der Waals surface area (Å²) in [5, 5.41) is 17.8. The molecule has 0 spiro atoms. The van der Waals surface area contributed by atoms with Crippen LogP contribution in [0.1, 0.15) is 50.2 Å². The number of hydrogen-bond donors (Lipinski definition) is 0. The Labute approximate surface area is 588 Å². The molecule has 0 bridgehead atoms. The summed E-state index contributed by atoms with van der Waals surface area (Å²) in [6.07, 6.45) is 19.5. The Morgan fingerprint density at radius 2 is 0.765 bits per heavy atom. The van der Waals surface area contributed by atoms with Gasteiger partial charge in [0.15, 0.2) is 11.5 Å². The minimum atomic E-state index is -0.550. The molecule has 3 amide bonds. The highest BCUT2D eigenvalue weighted by Crippen LogP contribution is 2.39. The van der Waals surface area contributed by atoms with Crippen LogP contribution in [-0.2, 0) is 14.4 Å². The van der Waals surface area contributed by atoms with E-state index in [0.717, 1.165) is 135 Å². The second kappa shape index (κ2) is 31.2. The third-order valence-corrected chi connectivity index (χ3v) is 18.3. The highest BCUT2D eigenvalue weighted by molar-refractivity contribution is 5.95. The molecule has 0 N–H and O–H groups in total. The average Bonchev–Trinajstić information content (AvgIpc) is 1.63. The Kier molecular flexibility index (Phi) is 20.8. The zero-order valence-corrected chi connectivity index (χ0v) is 56.8. The minimum Gasteiger partial charge on any atom is -0.497 e. The molecule has 516 valence electrons. The highest BCUT2D eigenvalue weighted by Gasteiger charge is 2.31. The number of carbonyl (C=O) groups excluding carboxylic acids is 3. The van der Waals surface area contributed by atoms with Crippen molar-refractivity contribution in [1.29, 1.82) is 0 Å². The second-order valence-corrected chi connectivity index (χ2v) is 24.6. The average molecular weight is 1370 g/mol. The van der Waals surface area contributed by atoms with Crippen LogP contribution < -0.4 is 28.4 Å². The molecular formula is C80H75FN12O9. The molecule has 0 unspecified atom stereocenters. The van der Waals surface area contributed by atoms with Crippen molar-refractivity contribution in [3.05, 3.63) is 239 Å². The number of likely N-dealkylation sites (tertiary alicyclic amines) is 3. The van der Waals surface area contributed by atoms with Gasteiger partial charge in [0, 0.05) is 121 Å². The molecule has 102 heavy (non-hydrogen) atoms. The van der Waals surface area contributed by atoms with Crippen LogP contribution in [0.3, 0.4) is 0 Å². The van der Waals surface area contributed by atoms with E-state index >= 15 is 0 Å². The molecule has 3 aliphatic heterocycles. The summed E-state index contributed by atoms with van der Waals surface area (Å²) in [6, 6.07) is 49.0. The number of benzene rings is 6. The van der Waals surface area contributed by atoms with Crippen LogP contribution in [0.2, 0.25) is 0 Å². The molecule has 0 aliphatic carbocycles. The van der Waals surface area contributed by atoms with Gasteiger partial charge in [-0.25, -0.2) is 0 Å². The zero-order chi connectivity index (χ0) is 70.6. The molecule has 0 saturated carbocycles. The van der Waals surface area contributed by atoms with Gasteiger partial charge in [0.25, 0.3) is 0 Å². The number of nitrogens with zero attached hydrogens (tertiary/aromatic N) is 12. The predicted molar refractivity (Wildman–Crippen MR) is 389 cm³/mol. The van der Waals surface area contributed by atoms with Crippen molar-refractivity contribution < 1.29 is 47.2 Å². The molecular weight excluding hydrogens is 1290 g/mol. The lowest BCUT2D eigenvalue weighted by Crippen LogP contribution is -2.40. The maximum absolute atomic E-state index is 14.5. The van der Waals surface area contributed by atoms with Gasteiger partial charge in [-0.2, -0.15) is 19.7 Å². The van der Waals surface area contributed by atoms with Gasteiger partial charge in [-0.1, -0.05) is 37.9 Å². The molecule has 21 nitrogen and oxygen atoms in total. The third kappa shape index (κ3) is 14.9. The number of amides is 3. The van der Waals surface area contributed by atoms with Gasteiger partial charge in [0.2, 0.25) is 23.5 Å². The van der Waals surface area contributed by atoms with E-state index in [1.807, 2.05) is 164 Å². The summed E-state index contributed by atoms with van der Waals surface area (Å²) in [5.74, 6) is 4.39. The molecule has 9 heterocycles. The fourth-order valence-electron chi connectivity index (χ4n) is 13.2. The van der Waals surface area contributed by atoms with Crippen molar-refractivity contribution >= 4 is 50.4 Å². The van der Waals surface area contributed by atoms with Crippen LogP contribution in [-0.4, -0.2) is 137 Å². The SMILES string of the molecule is C=CC(=O)N1CCC[C@@H](n2nc(-c3ccc(Oc4cccc(OC)c4)cc3)c3cnccc32)C1.C=CC(=O)N1CCC[C@@H](n2nc(-c3ccc(Oc4cccc(OC)c4F)cc3)c3cnccc32)C1.C=CC(=O)N1CC[C@@H](n2nc(-c3ccc(Oc4cccc(OC)c4)cc3)c3cnccc32)C1. The topological polar surface area (TPSA) is 208 Å². The van der Waals surface area contributed by atoms with Gasteiger partial charge in [0.05, 0.1) is 56.0 Å². The van der Waals surface area contributed by atoms with Crippen molar-refractivity contribution in [2.75, 3.05) is 60.6 Å². The quantitative estimate of drug-likeness (QED) is 0.0732. The summed E-state index contributed by atoms with van der Waals surface area (Å²) in [6.45, 7) is 14.9. The standard InChI is InChI=1S/C27H25FN4O3.C27H26N4O3.C26H24N4O3/c1-3-25(33)31-15-5-6-19(17-31)32-22-13-14-29-16-21(22)27(30-32)18-9-11-20(12-10-18)35-24-8-4-7-23(34-2)26(24)28;1-3-26(32)30-15-5-6-20(18-30)31-25-13-14-28-17-24(25)27(29-31)19-9-11-21(12-10-19)34-23-8-4-7-22(16-23)33-2;1-3-25(31)29-14-12-19(17-29)30-24-11-13-27-16-23(24)26(28-30)18-7-9-20(10-8-18)33-22-6-4-5-21(15-22)32-2/h3-4,7-14,16,19H,1,5-6,15,17H2,2H3;3-4,7-14,16-17,20H,1,5-6,15,18H2,2H3;3-11,13,15-16,19H,1,12,14,17H2,2H3/t19-;20-;19-/m111/s1.